The Morgan fingerprint density at radius 3 is 2.54 bits per heavy atom. The average molecular weight is 360 g/mol. The molecule has 7 nitrogen and oxygen atoms in total. The molecule has 1 aromatic heterocycles. The fraction of sp³-hybridized carbons (Fsp3) is 0.421. The van der Waals surface area contributed by atoms with Crippen LogP contribution in [0.15, 0.2) is 33.5 Å². The molecule has 0 saturated heterocycles. The van der Waals surface area contributed by atoms with E-state index < -0.39 is 17.6 Å². The van der Waals surface area contributed by atoms with Crippen molar-refractivity contribution in [2.24, 2.45) is 0 Å². The molecule has 7 heteroatoms. The Hall–Kier alpha value is -2.83. The van der Waals surface area contributed by atoms with Crippen LogP contribution in [0, 0.1) is 0 Å². The molecule has 1 heterocycles. The van der Waals surface area contributed by atoms with Gasteiger partial charge in [-0.3, -0.25) is 10.1 Å². The lowest BCUT2D eigenvalue weighted by atomic mass is 10.1. The van der Waals surface area contributed by atoms with Gasteiger partial charge in [-0.15, -0.1) is 0 Å². The minimum Gasteiger partial charge on any atom is -0.449 e. The first-order valence-corrected chi connectivity index (χ1v) is 8.81. The molecule has 2 rings (SSSR count). The molecule has 0 aliphatic rings. The number of benzene rings is 1. The average Bonchev–Trinajstić information content (AvgIpc) is 2.62. The van der Waals surface area contributed by atoms with Crippen LogP contribution in [-0.4, -0.2) is 31.7 Å². The van der Waals surface area contributed by atoms with E-state index in [0.717, 1.165) is 25.2 Å². The van der Waals surface area contributed by atoms with E-state index in [1.165, 1.54) is 6.07 Å². The summed E-state index contributed by atoms with van der Waals surface area (Å²) in [6, 6.07) is 6.87. The summed E-state index contributed by atoms with van der Waals surface area (Å²) >= 11 is 0. The molecule has 140 valence electrons. The van der Waals surface area contributed by atoms with Crippen LogP contribution in [-0.2, 0) is 4.74 Å². The maximum Gasteiger partial charge on any atom is 0.414 e. The predicted octanol–water partition coefficient (Wildman–Crippen LogP) is 3.31. The van der Waals surface area contributed by atoms with Crippen LogP contribution >= 0.6 is 0 Å². The largest absolute Gasteiger partial charge is 0.449 e. The van der Waals surface area contributed by atoms with Gasteiger partial charge in [-0.1, -0.05) is 13.3 Å². The number of anilines is 1. The van der Waals surface area contributed by atoms with Crippen LogP contribution in [0.2, 0.25) is 0 Å². The Morgan fingerprint density at radius 2 is 1.88 bits per heavy atom. The van der Waals surface area contributed by atoms with Crippen molar-refractivity contribution in [3.05, 3.63) is 40.2 Å². The molecule has 2 aromatic rings. The Labute approximate surface area is 151 Å². The highest BCUT2D eigenvalue weighted by Crippen LogP contribution is 2.21. The molecule has 0 aliphatic heterocycles. The fourth-order valence-electron chi connectivity index (χ4n) is 2.55. The topological polar surface area (TPSA) is 88.8 Å². The van der Waals surface area contributed by atoms with Crippen LogP contribution in [0.1, 0.15) is 44.0 Å². The number of carbonyl (C=O) groups is 2. The highest BCUT2D eigenvalue weighted by atomic mass is 16.5. The number of fused-ring (bicyclic) bond motifs is 1. The van der Waals surface area contributed by atoms with Crippen molar-refractivity contribution in [3.63, 3.8) is 0 Å². The second kappa shape index (κ2) is 9.03. The summed E-state index contributed by atoms with van der Waals surface area (Å²) in [6.45, 7) is 7.90. The van der Waals surface area contributed by atoms with Crippen LogP contribution in [0.4, 0.5) is 10.5 Å². The molecule has 0 bridgehead atoms. The van der Waals surface area contributed by atoms with Gasteiger partial charge in [0.2, 0.25) is 0 Å². The molecule has 0 aliphatic carbocycles. The summed E-state index contributed by atoms with van der Waals surface area (Å²) in [5, 5.41) is 2.64. The zero-order valence-electron chi connectivity index (χ0n) is 15.3. The monoisotopic (exact) mass is 360 g/mol. The molecule has 0 fully saturated rings. The van der Waals surface area contributed by atoms with E-state index >= 15 is 0 Å². The third-order valence-corrected chi connectivity index (χ3v) is 4.04. The van der Waals surface area contributed by atoms with Crippen LogP contribution in [0.3, 0.4) is 0 Å². The van der Waals surface area contributed by atoms with Crippen LogP contribution < -0.4 is 15.8 Å². The summed E-state index contributed by atoms with van der Waals surface area (Å²) in [5.74, 6) is -0.838. The molecule has 1 aromatic carbocycles. The minimum absolute atomic E-state index is 0.218. The van der Waals surface area contributed by atoms with Crippen molar-refractivity contribution in [1.82, 2.24) is 5.32 Å². The minimum atomic E-state index is -0.875. The second-order valence-corrected chi connectivity index (χ2v) is 5.79. The summed E-state index contributed by atoms with van der Waals surface area (Å²) in [6.07, 6.45) is 0.694. The number of imide groups is 1. The molecule has 0 radical (unpaired) electrons. The maximum atomic E-state index is 12.1. The van der Waals surface area contributed by atoms with E-state index in [2.05, 4.69) is 4.90 Å². The summed E-state index contributed by atoms with van der Waals surface area (Å²) in [4.78, 5) is 38.0. The smallest absolute Gasteiger partial charge is 0.414 e. The zero-order valence-corrected chi connectivity index (χ0v) is 15.3. The molecule has 0 atom stereocenters. The van der Waals surface area contributed by atoms with E-state index in [4.69, 9.17) is 9.15 Å². The van der Waals surface area contributed by atoms with E-state index in [9.17, 15) is 14.4 Å². The van der Waals surface area contributed by atoms with E-state index in [-0.39, 0.29) is 12.2 Å². The lowest BCUT2D eigenvalue weighted by Gasteiger charge is -2.20. The van der Waals surface area contributed by atoms with E-state index in [1.54, 1.807) is 12.1 Å². The maximum absolute atomic E-state index is 12.1. The molecular formula is C19H24N2O5. The molecule has 1 N–H and O–H groups in total. The number of ether oxygens (including phenoxy) is 1. The molecular weight excluding hydrogens is 336 g/mol. The van der Waals surface area contributed by atoms with Gasteiger partial charge in [0.05, 0.1) is 6.61 Å². The number of nitrogens with one attached hydrogen (secondary N) is 1. The number of hydrogen-bond donors (Lipinski definition) is 1. The van der Waals surface area contributed by atoms with Crippen molar-refractivity contribution in [2.75, 3.05) is 24.6 Å². The summed E-state index contributed by atoms with van der Waals surface area (Å²) in [7, 11) is 0. The van der Waals surface area contributed by atoms with E-state index in [1.807, 2.05) is 32.2 Å². The van der Waals surface area contributed by atoms with Crippen molar-refractivity contribution >= 4 is 28.7 Å². The van der Waals surface area contributed by atoms with Crippen molar-refractivity contribution in [2.45, 2.75) is 33.6 Å². The van der Waals surface area contributed by atoms with Crippen molar-refractivity contribution < 1.29 is 18.7 Å². The lowest BCUT2D eigenvalue weighted by molar-refractivity contribution is 0.0915. The molecule has 2 amide bonds. The highest BCUT2D eigenvalue weighted by molar-refractivity contribution is 6.04. The van der Waals surface area contributed by atoms with Crippen molar-refractivity contribution in [1.29, 1.82) is 0 Å². The van der Waals surface area contributed by atoms with Gasteiger partial charge < -0.3 is 14.1 Å². The Bertz CT molecular complexity index is 839. The van der Waals surface area contributed by atoms with Gasteiger partial charge in [0.1, 0.15) is 11.1 Å². The number of carbonyl (C=O) groups excluding carboxylic acids is 2. The normalized spacial score (nSPS) is 10.6. The van der Waals surface area contributed by atoms with Gasteiger partial charge >= 0.3 is 11.7 Å². The zero-order chi connectivity index (χ0) is 19.1. The number of rotatable bonds is 7. The number of amides is 2. The Morgan fingerprint density at radius 1 is 1.15 bits per heavy atom. The van der Waals surface area contributed by atoms with Crippen LogP contribution in [0.5, 0.6) is 0 Å². The number of hydrogen-bond acceptors (Lipinski definition) is 6. The predicted molar refractivity (Wildman–Crippen MR) is 99.8 cm³/mol. The van der Waals surface area contributed by atoms with Crippen molar-refractivity contribution in [3.8, 4) is 0 Å². The molecule has 0 unspecified atom stereocenters. The second-order valence-electron chi connectivity index (χ2n) is 5.79. The Balaban J connectivity index is 2.22. The Kier molecular flexibility index (Phi) is 6.77. The molecule has 0 saturated carbocycles. The number of alkyl carbamates (subject to hydrolysis) is 1. The molecule has 0 spiro atoms. The van der Waals surface area contributed by atoms with Gasteiger partial charge in [-0.25, -0.2) is 9.59 Å². The van der Waals surface area contributed by atoms with Gasteiger partial charge in [0.25, 0.3) is 5.91 Å². The first-order valence-electron chi connectivity index (χ1n) is 8.81. The standard InChI is InChI=1S/C19H24N2O5/c1-4-7-10-25-19(24)20-17(22)15-11-13-8-9-14(21(5-2)6-3)12-16(13)26-18(15)23/h8-9,11-12H,4-7,10H2,1-3H3,(H,20,22,24). The number of unbranched alkanes of at least 4 members (excludes halogenated alkanes) is 1. The summed E-state index contributed by atoms with van der Waals surface area (Å²) < 4.78 is 10.1. The van der Waals surface area contributed by atoms with E-state index in [0.29, 0.717) is 17.4 Å². The first-order chi connectivity index (χ1) is 12.5. The van der Waals surface area contributed by atoms with Crippen LogP contribution in [0.25, 0.3) is 11.0 Å². The van der Waals surface area contributed by atoms with Gasteiger partial charge in [0.15, 0.2) is 0 Å². The lowest BCUT2D eigenvalue weighted by Crippen LogP contribution is -2.34. The van der Waals surface area contributed by atoms with Gasteiger partial charge in [0, 0.05) is 30.2 Å². The molecule has 26 heavy (non-hydrogen) atoms. The SMILES string of the molecule is CCCCOC(=O)NC(=O)c1cc2ccc(N(CC)CC)cc2oc1=O. The van der Waals surface area contributed by atoms with Gasteiger partial charge in [-0.05, 0) is 38.5 Å². The first kappa shape index (κ1) is 19.5. The number of nitrogens with zero attached hydrogens (tertiary/aromatic N) is 1. The third-order valence-electron chi connectivity index (χ3n) is 4.04. The fourth-order valence-corrected chi connectivity index (χ4v) is 2.55. The van der Waals surface area contributed by atoms with Gasteiger partial charge in [-0.2, -0.15) is 0 Å². The summed E-state index contributed by atoms with van der Waals surface area (Å²) in [5.41, 5.74) is 0.289. The highest BCUT2D eigenvalue weighted by Gasteiger charge is 2.17. The quantitative estimate of drug-likeness (QED) is 0.602. The third kappa shape index (κ3) is 4.62.